The summed E-state index contributed by atoms with van der Waals surface area (Å²) in [4.78, 5) is 36.0. The number of nitrogens with zero attached hydrogens (tertiary/aromatic N) is 3. The van der Waals surface area contributed by atoms with E-state index in [-0.39, 0.29) is 48.0 Å². The molecule has 14 heteroatoms. The third-order valence-electron chi connectivity index (χ3n) is 10.4. The van der Waals surface area contributed by atoms with Crippen LogP contribution in [0.25, 0.3) is 11.3 Å². The van der Waals surface area contributed by atoms with Crippen molar-refractivity contribution in [1.29, 1.82) is 0 Å². The molecule has 308 valence electrons. The van der Waals surface area contributed by atoms with Crippen molar-refractivity contribution in [1.82, 2.24) is 20.2 Å². The van der Waals surface area contributed by atoms with E-state index < -0.39 is 29.2 Å². The summed E-state index contributed by atoms with van der Waals surface area (Å²) in [5.74, 6) is -0.603. The van der Waals surface area contributed by atoms with E-state index in [2.05, 4.69) is 15.0 Å². The number of alkyl halides is 3. The Morgan fingerprint density at radius 1 is 0.982 bits per heavy atom. The number of aromatic nitrogens is 2. The summed E-state index contributed by atoms with van der Waals surface area (Å²) in [7, 11) is 0. The normalized spacial score (nSPS) is 16.3. The maximum Gasteiger partial charge on any atom is 0.410 e. The van der Waals surface area contributed by atoms with Crippen LogP contribution in [0.5, 0.6) is 5.88 Å². The van der Waals surface area contributed by atoms with Gasteiger partial charge in [-0.25, -0.2) is 14.6 Å². The van der Waals surface area contributed by atoms with Crippen LogP contribution < -0.4 is 14.8 Å². The lowest BCUT2D eigenvalue weighted by atomic mass is 9.60. The van der Waals surface area contributed by atoms with Crippen LogP contribution in [0.3, 0.4) is 0 Å². The number of rotatable bonds is 12. The number of amides is 1. The zero-order chi connectivity index (χ0) is 41.6. The van der Waals surface area contributed by atoms with Gasteiger partial charge in [0.2, 0.25) is 11.8 Å². The molecule has 2 aliphatic rings. The Labute approximate surface area is 333 Å². The molecule has 1 saturated carbocycles. The highest BCUT2D eigenvalue weighted by atomic mass is 32.2. The molecule has 2 fully saturated rings. The molecule has 1 aliphatic heterocycles. The first kappa shape index (κ1) is 44.7. The highest BCUT2D eigenvalue weighted by Crippen LogP contribution is 2.50. The molecule has 1 spiro atoms. The van der Waals surface area contributed by atoms with Gasteiger partial charge in [-0.2, -0.15) is 18.2 Å². The number of halogens is 3. The molecule has 2 aromatic carbocycles. The Kier molecular flexibility index (Phi) is 14.4. The second-order valence-corrected chi connectivity index (χ2v) is 17.3. The molecule has 3 aromatic rings. The SMILES string of the molecule is CC.Cc1cccc(C)c1-c1nc(NSc2cccc(C(=O)O)c2)nc(OCC(CC(C)(C)C(F)(F)F)NC2CC3(CCN(C(=O)OC(C)(C)C)CC3)C2)c1C. The number of carboxylic acids is 1. The number of aromatic carboxylic acids is 1. The number of hydrogen-bond acceptors (Lipinski definition) is 9. The van der Waals surface area contributed by atoms with Gasteiger partial charge >= 0.3 is 18.2 Å². The number of ether oxygens (including phenoxy) is 2. The van der Waals surface area contributed by atoms with E-state index >= 15 is 0 Å². The summed E-state index contributed by atoms with van der Waals surface area (Å²) in [5, 5.41) is 12.9. The lowest BCUT2D eigenvalue weighted by molar-refractivity contribution is -0.216. The molecule has 0 radical (unpaired) electrons. The zero-order valence-corrected chi connectivity index (χ0v) is 35.1. The van der Waals surface area contributed by atoms with E-state index in [1.807, 2.05) is 73.6 Å². The van der Waals surface area contributed by atoms with Gasteiger partial charge in [0.25, 0.3) is 0 Å². The van der Waals surface area contributed by atoms with Gasteiger partial charge < -0.3 is 24.8 Å². The standard InChI is InChI=1S/C40H52F3N5O5S.C2H6/c1-24-11-9-12-25(2)31(24)32-26(3)33(46-35(45-32)47-54-30-14-10-13-27(19-30)34(49)50)52-23-29(20-38(7,8)40(41,42)43)44-28-21-39(22-28)15-17-48(18-16-39)36(51)53-37(4,5)6;1-2/h9-14,19,28-29,44H,15-18,20-23H2,1-8H3,(H,49,50)(H,45,46,47);1-2H3. The first-order valence-corrected chi connectivity index (χ1v) is 20.1. The fourth-order valence-corrected chi connectivity index (χ4v) is 7.96. The van der Waals surface area contributed by atoms with Gasteiger partial charge in [-0.1, -0.05) is 52.0 Å². The van der Waals surface area contributed by atoms with Crippen LogP contribution in [0.4, 0.5) is 23.9 Å². The predicted octanol–water partition coefficient (Wildman–Crippen LogP) is 10.4. The van der Waals surface area contributed by atoms with Crippen molar-refractivity contribution < 1.29 is 37.3 Å². The smallest absolute Gasteiger partial charge is 0.410 e. The van der Waals surface area contributed by atoms with E-state index in [4.69, 9.17) is 14.5 Å². The molecule has 56 heavy (non-hydrogen) atoms. The molecule has 1 aliphatic carbocycles. The maximum atomic E-state index is 14.2. The molecule has 10 nitrogen and oxygen atoms in total. The van der Waals surface area contributed by atoms with Gasteiger partial charge in [-0.05, 0) is 120 Å². The topological polar surface area (TPSA) is 126 Å². The number of likely N-dealkylation sites (tertiary alicyclic amines) is 1. The third-order valence-corrected chi connectivity index (χ3v) is 11.2. The minimum atomic E-state index is -4.42. The van der Waals surface area contributed by atoms with Gasteiger partial charge in [0.1, 0.15) is 12.2 Å². The number of anilines is 1. The van der Waals surface area contributed by atoms with Crippen LogP contribution in [-0.2, 0) is 4.74 Å². The molecule has 3 N–H and O–H groups in total. The Morgan fingerprint density at radius 2 is 1.59 bits per heavy atom. The van der Waals surface area contributed by atoms with Crippen LogP contribution in [0.2, 0.25) is 0 Å². The number of benzene rings is 2. The first-order chi connectivity index (χ1) is 26.2. The fraction of sp³-hybridized carbons (Fsp3) is 0.571. The van der Waals surface area contributed by atoms with Crippen molar-refractivity contribution >= 4 is 30.0 Å². The number of carbonyl (C=O) groups is 2. The van der Waals surface area contributed by atoms with E-state index in [1.165, 1.54) is 26.0 Å². The van der Waals surface area contributed by atoms with Crippen molar-refractivity contribution in [2.45, 2.75) is 130 Å². The molecular formula is C42H58F3N5O5S. The summed E-state index contributed by atoms with van der Waals surface area (Å²) in [5.41, 5.74) is 1.75. The molecule has 0 bridgehead atoms. The van der Waals surface area contributed by atoms with E-state index in [9.17, 15) is 27.9 Å². The molecular weight excluding hydrogens is 744 g/mol. The summed E-state index contributed by atoms with van der Waals surface area (Å²) in [6.45, 7) is 18.9. The number of carbonyl (C=O) groups excluding carboxylic acids is 1. The molecule has 2 heterocycles. The average molecular weight is 802 g/mol. The molecule has 1 saturated heterocycles. The lowest BCUT2D eigenvalue weighted by Crippen LogP contribution is -2.58. The molecule has 5 rings (SSSR count). The second kappa shape index (κ2) is 18.0. The van der Waals surface area contributed by atoms with E-state index in [0.717, 1.165) is 54.3 Å². The highest BCUT2D eigenvalue weighted by molar-refractivity contribution is 8.00. The van der Waals surface area contributed by atoms with Crippen LogP contribution in [0, 0.1) is 31.6 Å². The quantitative estimate of drug-likeness (QED) is 0.152. The molecule has 1 unspecified atom stereocenters. The Hall–Kier alpha value is -4.04. The number of carboxylic acid groups (broad SMARTS) is 1. The van der Waals surface area contributed by atoms with Crippen LogP contribution >= 0.6 is 11.9 Å². The molecule has 1 atom stereocenters. The number of piperidine rings is 1. The maximum absolute atomic E-state index is 14.2. The van der Waals surface area contributed by atoms with Crippen LogP contribution in [0.1, 0.15) is 108 Å². The third kappa shape index (κ3) is 11.3. The van der Waals surface area contributed by atoms with E-state index in [1.54, 1.807) is 17.0 Å². The number of aryl methyl sites for hydroxylation is 2. The number of nitrogens with one attached hydrogen (secondary N) is 2. The molecule has 1 amide bonds. The summed E-state index contributed by atoms with van der Waals surface area (Å²) in [6.07, 6.45) is -1.71. The minimum absolute atomic E-state index is 0.00239. The van der Waals surface area contributed by atoms with Gasteiger partial charge in [0.05, 0.1) is 16.7 Å². The van der Waals surface area contributed by atoms with Crippen molar-refractivity contribution in [2.75, 3.05) is 24.4 Å². The molecule has 1 aromatic heterocycles. The van der Waals surface area contributed by atoms with Crippen molar-refractivity contribution in [2.24, 2.45) is 10.8 Å². The van der Waals surface area contributed by atoms with Crippen molar-refractivity contribution in [3.63, 3.8) is 0 Å². The van der Waals surface area contributed by atoms with Gasteiger partial charge in [0, 0.05) is 41.2 Å². The van der Waals surface area contributed by atoms with E-state index in [0.29, 0.717) is 29.2 Å². The second-order valence-electron chi connectivity index (χ2n) is 16.5. The van der Waals surface area contributed by atoms with Gasteiger partial charge in [-0.15, -0.1) is 0 Å². The fourth-order valence-electron chi connectivity index (χ4n) is 7.32. The Balaban J connectivity index is 0.00000342. The first-order valence-electron chi connectivity index (χ1n) is 19.3. The zero-order valence-electron chi connectivity index (χ0n) is 34.3. The minimum Gasteiger partial charge on any atom is -0.478 e. The lowest BCUT2D eigenvalue weighted by Gasteiger charge is -2.53. The van der Waals surface area contributed by atoms with Crippen molar-refractivity contribution in [3.05, 3.63) is 64.7 Å². The monoisotopic (exact) mass is 801 g/mol. The van der Waals surface area contributed by atoms with Crippen molar-refractivity contribution in [3.8, 4) is 17.1 Å². The number of hydrogen-bond donors (Lipinski definition) is 3. The Bertz CT molecular complexity index is 1810. The largest absolute Gasteiger partial charge is 0.478 e. The van der Waals surface area contributed by atoms with Gasteiger partial charge in [0.15, 0.2) is 0 Å². The summed E-state index contributed by atoms with van der Waals surface area (Å²) in [6, 6.07) is 11.7. The predicted molar refractivity (Wildman–Crippen MR) is 215 cm³/mol. The summed E-state index contributed by atoms with van der Waals surface area (Å²) >= 11 is 1.14. The van der Waals surface area contributed by atoms with Crippen LogP contribution in [-0.4, -0.2) is 75.6 Å². The highest BCUT2D eigenvalue weighted by Gasteiger charge is 2.50. The average Bonchev–Trinajstić information content (AvgIpc) is 3.10. The Morgan fingerprint density at radius 3 is 2.16 bits per heavy atom. The summed E-state index contributed by atoms with van der Waals surface area (Å²) < 4.78 is 57.7. The van der Waals surface area contributed by atoms with Crippen LogP contribution in [0.15, 0.2) is 47.4 Å². The van der Waals surface area contributed by atoms with Gasteiger partial charge in [-0.3, -0.25) is 4.72 Å².